The second-order valence-electron chi connectivity index (χ2n) is 7.11. The highest BCUT2D eigenvalue weighted by atomic mass is 35.5. The van der Waals surface area contributed by atoms with Crippen LogP contribution in [0, 0.1) is 5.82 Å². The molecule has 0 aliphatic rings. The molecule has 0 aliphatic heterocycles. The van der Waals surface area contributed by atoms with Crippen molar-refractivity contribution in [1.82, 2.24) is 5.32 Å². The Morgan fingerprint density at radius 1 is 1.00 bits per heavy atom. The van der Waals surface area contributed by atoms with Gasteiger partial charge in [0.15, 0.2) is 0 Å². The van der Waals surface area contributed by atoms with E-state index >= 15 is 0 Å². The first-order chi connectivity index (χ1) is 14.7. The number of carbonyl (C=O) groups excluding carboxylic acids is 1. The van der Waals surface area contributed by atoms with Gasteiger partial charge >= 0.3 is 0 Å². The predicted octanol–water partition coefficient (Wildman–Crippen LogP) is 4.72. The summed E-state index contributed by atoms with van der Waals surface area (Å²) in [6.07, 6.45) is 0.138. The third-order valence-corrected chi connectivity index (χ3v) is 6.94. The van der Waals surface area contributed by atoms with E-state index in [-0.39, 0.29) is 29.1 Å². The topological polar surface area (TPSA) is 66.5 Å². The second-order valence-corrected chi connectivity index (χ2v) is 9.52. The van der Waals surface area contributed by atoms with Crippen molar-refractivity contribution in [1.29, 1.82) is 0 Å². The van der Waals surface area contributed by atoms with Gasteiger partial charge in [-0.1, -0.05) is 35.9 Å². The van der Waals surface area contributed by atoms with E-state index < -0.39 is 10.0 Å². The van der Waals surface area contributed by atoms with Crippen LogP contribution in [0.15, 0.2) is 77.7 Å². The molecule has 0 fully saturated rings. The van der Waals surface area contributed by atoms with Crippen LogP contribution in [0.4, 0.5) is 10.1 Å². The number of halogens is 2. The molecule has 0 heterocycles. The average molecular weight is 461 g/mol. The molecule has 3 rings (SSSR count). The normalized spacial score (nSPS) is 12.3. The van der Waals surface area contributed by atoms with Crippen molar-refractivity contribution in [2.45, 2.75) is 24.3 Å². The van der Waals surface area contributed by atoms with Gasteiger partial charge in [0.2, 0.25) is 5.91 Å². The largest absolute Gasteiger partial charge is 0.349 e. The molecule has 0 saturated heterocycles. The maximum Gasteiger partial charge on any atom is 0.264 e. The van der Waals surface area contributed by atoms with Crippen LogP contribution in [0.5, 0.6) is 0 Å². The Balaban J connectivity index is 1.64. The number of amides is 1. The Morgan fingerprint density at radius 3 is 2.16 bits per heavy atom. The van der Waals surface area contributed by atoms with Gasteiger partial charge in [0.1, 0.15) is 5.82 Å². The third kappa shape index (κ3) is 5.62. The predicted molar refractivity (Wildman–Crippen MR) is 120 cm³/mol. The summed E-state index contributed by atoms with van der Waals surface area (Å²) in [7, 11) is -2.26. The fraction of sp³-hybridized carbons (Fsp3) is 0.174. The lowest BCUT2D eigenvalue weighted by atomic mass is 10.1. The third-order valence-electron chi connectivity index (χ3n) is 4.88. The number of rotatable bonds is 7. The fourth-order valence-corrected chi connectivity index (χ4v) is 4.36. The molecule has 0 bridgehead atoms. The van der Waals surface area contributed by atoms with Gasteiger partial charge < -0.3 is 5.32 Å². The first kappa shape index (κ1) is 22.8. The Hall–Kier alpha value is -2.90. The van der Waals surface area contributed by atoms with E-state index in [9.17, 15) is 17.6 Å². The van der Waals surface area contributed by atoms with Crippen LogP contribution < -0.4 is 9.62 Å². The molecule has 1 atom stereocenters. The number of nitrogens with one attached hydrogen (secondary N) is 1. The summed E-state index contributed by atoms with van der Waals surface area (Å²) in [5, 5.41) is 3.33. The van der Waals surface area contributed by atoms with Crippen molar-refractivity contribution >= 4 is 33.2 Å². The number of sulfonamides is 1. The number of hydrogen-bond acceptors (Lipinski definition) is 3. The van der Waals surface area contributed by atoms with Gasteiger partial charge in [-0.3, -0.25) is 9.10 Å². The zero-order valence-electron chi connectivity index (χ0n) is 17.0. The van der Waals surface area contributed by atoms with Crippen LogP contribution in [0.2, 0.25) is 5.02 Å². The molecule has 1 N–H and O–H groups in total. The van der Waals surface area contributed by atoms with Gasteiger partial charge in [0.05, 0.1) is 23.0 Å². The van der Waals surface area contributed by atoms with E-state index in [1.165, 1.54) is 47.8 Å². The van der Waals surface area contributed by atoms with Crippen molar-refractivity contribution in [3.8, 4) is 0 Å². The van der Waals surface area contributed by atoms with E-state index in [2.05, 4.69) is 5.32 Å². The molecule has 8 heteroatoms. The zero-order valence-corrected chi connectivity index (χ0v) is 18.6. The summed E-state index contributed by atoms with van der Waals surface area (Å²) in [5.74, 6) is -0.517. The lowest BCUT2D eigenvalue weighted by molar-refractivity contribution is -0.121. The van der Waals surface area contributed by atoms with Crippen LogP contribution in [-0.4, -0.2) is 21.4 Å². The molecule has 0 unspecified atom stereocenters. The van der Waals surface area contributed by atoms with Gasteiger partial charge in [0.25, 0.3) is 10.0 Å². The van der Waals surface area contributed by atoms with E-state index in [1.807, 2.05) is 6.92 Å². The maximum atomic E-state index is 13.0. The highest BCUT2D eigenvalue weighted by Gasteiger charge is 2.21. The molecule has 162 valence electrons. The van der Waals surface area contributed by atoms with Crippen molar-refractivity contribution in [2.24, 2.45) is 0 Å². The van der Waals surface area contributed by atoms with Crippen LogP contribution in [0.3, 0.4) is 0 Å². The van der Waals surface area contributed by atoms with Gasteiger partial charge in [0, 0.05) is 12.1 Å². The molecule has 1 amide bonds. The van der Waals surface area contributed by atoms with Gasteiger partial charge in [-0.25, -0.2) is 12.8 Å². The monoisotopic (exact) mass is 460 g/mol. The van der Waals surface area contributed by atoms with Crippen LogP contribution >= 0.6 is 11.6 Å². The highest BCUT2D eigenvalue weighted by Crippen LogP contribution is 2.24. The molecule has 0 saturated carbocycles. The lowest BCUT2D eigenvalue weighted by Crippen LogP contribution is -2.28. The standard InChI is InChI=1S/C23H22ClFN2O3S/c1-16(18-5-9-20(25)10-6-18)26-23(28)15-17-3-11-21(12-4-17)27(2)31(29,30)22-13-7-19(24)8-14-22/h3-14,16H,15H2,1-2H3,(H,26,28)/t16-/m0/s1. The van der Waals surface area contributed by atoms with Crippen LogP contribution in [0.1, 0.15) is 24.1 Å². The Labute approximate surface area is 186 Å². The van der Waals surface area contributed by atoms with Crippen molar-refractivity contribution < 1.29 is 17.6 Å². The Kier molecular flexibility index (Phi) is 6.97. The Bertz CT molecular complexity index is 1150. The van der Waals surface area contributed by atoms with Crippen molar-refractivity contribution in [3.05, 3.63) is 94.8 Å². The quantitative estimate of drug-likeness (QED) is 0.554. The van der Waals surface area contributed by atoms with E-state index in [0.29, 0.717) is 10.7 Å². The van der Waals surface area contributed by atoms with E-state index in [4.69, 9.17) is 11.6 Å². The molecule has 0 radical (unpaired) electrons. The molecule has 0 spiro atoms. The van der Waals surface area contributed by atoms with Crippen LogP contribution in [0.25, 0.3) is 0 Å². The molecular weight excluding hydrogens is 439 g/mol. The summed E-state index contributed by atoms with van der Waals surface area (Å²) in [5.41, 5.74) is 2.02. The number of hydrogen-bond donors (Lipinski definition) is 1. The smallest absolute Gasteiger partial charge is 0.264 e. The summed E-state index contributed by atoms with van der Waals surface area (Å²) < 4.78 is 39.8. The minimum absolute atomic E-state index is 0.137. The van der Waals surface area contributed by atoms with Crippen molar-refractivity contribution in [2.75, 3.05) is 11.4 Å². The van der Waals surface area contributed by atoms with Gasteiger partial charge in [-0.15, -0.1) is 0 Å². The molecule has 0 aliphatic carbocycles. The molecule has 3 aromatic carbocycles. The molecular formula is C23H22ClFN2O3S. The summed E-state index contributed by atoms with van der Waals surface area (Å²) in [6, 6.07) is 18.4. The molecule has 0 aromatic heterocycles. The van der Waals surface area contributed by atoms with E-state index in [0.717, 1.165) is 11.1 Å². The zero-order chi connectivity index (χ0) is 22.6. The number of carbonyl (C=O) groups is 1. The SMILES string of the molecule is C[C@H](NC(=O)Cc1ccc(N(C)S(=O)(=O)c2ccc(Cl)cc2)cc1)c1ccc(F)cc1. The molecule has 5 nitrogen and oxygen atoms in total. The Morgan fingerprint density at radius 2 is 1.58 bits per heavy atom. The number of anilines is 1. The maximum absolute atomic E-state index is 13.0. The van der Waals surface area contributed by atoms with Gasteiger partial charge in [-0.05, 0) is 66.6 Å². The van der Waals surface area contributed by atoms with E-state index in [1.54, 1.807) is 36.4 Å². The first-order valence-corrected chi connectivity index (χ1v) is 11.4. The summed E-state index contributed by atoms with van der Waals surface area (Å²) in [6.45, 7) is 1.82. The molecule has 31 heavy (non-hydrogen) atoms. The minimum Gasteiger partial charge on any atom is -0.349 e. The van der Waals surface area contributed by atoms with Gasteiger partial charge in [-0.2, -0.15) is 0 Å². The molecule has 3 aromatic rings. The minimum atomic E-state index is -3.73. The lowest BCUT2D eigenvalue weighted by Gasteiger charge is -2.20. The fourth-order valence-electron chi connectivity index (χ4n) is 3.04. The average Bonchev–Trinajstić information content (AvgIpc) is 2.74. The van der Waals surface area contributed by atoms with Crippen LogP contribution in [-0.2, 0) is 21.2 Å². The van der Waals surface area contributed by atoms with Crippen molar-refractivity contribution in [3.63, 3.8) is 0 Å². The highest BCUT2D eigenvalue weighted by molar-refractivity contribution is 7.92. The first-order valence-electron chi connectivity index (χ1n) is 9.55. The number of nitrogens with zero attached hydrogens (tertiary/aromatic N) is 1. The number of benzene rings is 3. The second kappa shape index (κ2) is 9.49. The summed E-state index contributed by atoms with van der Waals surface area (Å²) >= 11 is 5.83. The summed E-state index contributed by atoms with van der Waals surface area (Å²) in [4.78, 5) is 12.5.